The van der Waals surface area contributed by atoms with E-state index in [0.717, 1.165) is 38.5 Å². The number of nitrogens with zero attached hydrogens (tertiary/aromatic N) is 2. The second kappa shape index (κ2) is 15.0. The van der Waals surface area contributed by atoms with Crippen LogP contribution in [0.2, 0.25) is 0 Å². The lowest BCUT2D eigenvalue weighted by Crippen LogP contribution is -2.54. The molecule has 0 saturated carbocycles. The molecule has 45 heavy (non-hydrogen) atoms. The van der Waals surface area contributed by atoms with Crippen LogP contribution in [0.25, 0.3) is 0 Å². The number of aryl methyl sites for hydroxylation is 3. The smallest absolute Gasteiger partial charge is 0.264 e. The van der Waals surface area contributed by atoms with Crippen molar-refractivity contribution in [2.75, 3.05) is 10.8 Å². The summed E-state index contributed by atoms with van der Waals surface area (Å²) in [6.45, 7) is 9.41. The quantitative estimate of drug-likeness (QED) is 0.187. The lowest BCUT2D eigenvalue weighted by atomic mass is 10.0. The first-order valence-electron chi connectivity index (χ1n) is 15.3. The van der Waals surface area contributed by atoms with Gasteiger partial charge in [-0.15, -0.1) is 0 Å². The first-order chi connectivity index (χ1) is 21.5. The summed E-state index contributed by atoms with van der Waals surface area (Å²) in [6, 6.07) is 29.9. The molecule has 0 heterocycles. The predicted octanol–water partition coefficient (Wildman–Crippen LogP) is 6.36. The molecule has 0 aliphatic rings. The highest BCUT2D eigenvalue weighted by Crippen LogP contribution is 2.27. The van der Waals surface area contributed by atoms with Crippen LogP contribution in [-0.2, 0) is 32.6 Å². The molecule has 0 radical (unpaired) electrons. The van der Waals surface area contributed by atoms with E-state index in [0.29, 0.717) is 5.69 Å². The number of hydrogen-bond acceptors (Lipinski definition) is 4. The predicted molar refractivity (Wildman–Crippen MR) is 180 cm³/mol. The minimum atomic E-state index is -4.13. The van der Waals surface area contributed by atoms with Crippen molar-refractivity contribution in [1.82, 2.24) is 10.2 Å². The fourth-order valence-electron chi connectivity index (χ4n) is 5.13. The van der Waals surface area contributed by atoms with E-state index in [9.17, 15) is 18.0 Å². The molecule has 0 saturated heterocycles. The van der Waals surface area contributed by atoms with Crippen molar-refractivity contribution in [1.29, 1.82) is 0 Å². The molecule has 2 atom stereocenters. The Hall–Kier alpha value is -4.43. The topological polar surface area (TPSA) is 86.8 Å². The molecule has 0 unspecified atom stereocenters. The third-order valence-electron chi connectivity index (χ3n) is 8.10. The largest absolute Gasteiger partial charge is 0.352 e. The van der Waals surface area contributed by atoms with Crippen molar-refractivity contribution in [3.05, 3.63) is 131 Å². The van der Waals surface area contributed by atoms with Crippen molar-refractivity contribution >= 4 is 27.5 Å². The van der Waals surface area contributed by atoms with Crippen LogP contribution in [0.3, 0.4) is 0 Å². The Labute approximate surface area is 268 Å². The van der Waals surface area contributed by atoms with Gasteiger partial charge in [0.25, 0.3) is 10.0 Å². The number of rotatable bonds is 13. The highest BCUT2D eigenvalue weighted by atomic mass is 32.2. The van der Waals surface area contributed by atoms with Gasteiger partial charge in [-0.25, -0.2) is 8.42 Å². The van der Waals surface area contributed by atoms with Gasteiger partial charge >= 0.3 is 0 Å². The standard InChI is InChI=1S/C37H43N3O4S/c1-6-30(5)38-37(42)35(24-31-15-9-7-10-16-31)39(25-32-17-13-14-27(2)22-32)36(41)26-40(33-21-20-28(3)29(4)23-33)45(43,44)34-18-11-8-12-19-34/h7-23,30,35H,6,24-26H2,1-5H3,(H,38,42)/t30-,35+/m1/s1. The van der Waals surface area contributed by atoms with E-state index in [1.165, 1.54) is 17.0 Å². The summed E-state index contributed by atoms with van der Waals surface area (Å²) < 4.78 is 29.4. The summed E-state index contributed by atoms with van der Waals surface area (Å²) in [6.07, 6.45) is 1.00. The van der Waals surface area contributed by atoms with Gasteiger partial charge in [0.1, 0.15) is 12.6 Å². The number of amides is 2. The molecule has 4 rings (SSSR count). The van der Waals surface area contributed by atoms with Gasteiger partial charge in [0.2, 0.25) is 11.8 Å². The Balaban J connectivity index is 1.82. The maximum Gasteiger partial charge on any atom is 0.264 e. The minimum absolute atomic E-state index is 0.0802. The monoisotopic (exact) mass is 625 g/mol. The molecule has 0 aliphatic heterocycles. The molecule has 236 valence electrons. The van der Waals surface area contributed by atoms with E-state index < -0.39 is 28.5 Å². The lowest BCUT2D eigenvalue weighted by molar-refractivity contribution is -0.140. The van der Waals surface area contributed by atoms with Crippen molar-refractivity contribution in [3.8, 4) is 0 Å². The maximum atomic E-state index is 14.6. The van der Waals surface area contributed by atoms with Crippen molar-refractivity contribution in [3.63, 3.8) is 0 Å². The summed E-state index contributed by atoms with van der Waals surface area (Å²) in [4.78, 5) is 30.1. The number of carbonyl (C=O) groups excluding carboxylic acids is 2. The molecular formula is C37H43N3O4S. The molecule has 1 N–H and O–H groups in total. The van der Waals surface area contributed by atoms with Gasteiger partial charge in [0.15, 0.2) is 0 Å². The van der Waals surface area contributed by atoms with Gasteiger partial charge < -0.3 is 10.2 Å². The number of sulfonamides is 1. The first kappa shape index (κ1) is 33.5. The van der Waals surface area contributed by atoms with Gasteiger partial charge in [0, 0.05) is 19.0 Å². The Kier molecular flexibility index (Phi) is 11.2. The molecular weight excluding hydrogens is 582 g/mol. The van der Waals surface area contributed by atoms with Gasteiger partial charge in [-0.2, -0.15) is 0 Å². The Morgan fingerprint density at radius 1 is 0.778 bits per heavy atom. The molecule has 2 amide bonds. The average molecular weight is 626 g/mol. The normalized spacial score (nSPS) is 12.6. The van der Waals surface area contributed by atoms with Crippen LogP contribution in [0, 0.1) is 20.8 Å². The molecule has 0 aliphatic carbocycles. The zero-order valence-corrected chi connectivity index (χ0v) is 27.6. The summed E-state index contributed by atoms with van der Waals surface area (Å²) in [5, 5.41) is 3.07. The summed E-state index contributed by atoms with van der Waals surface area (Å²) in [5.41, 5.74) is 5.06. The second-order valence-corrected chi connectivity index (χ2v) is 13.5. The summed E-state index contributed by atoms with van der Waals surface area (Å²) in [7, 11) is -4.13. The number of hydrogen-bond donors (Lipinski definition) is 1. The molecule has 8 heteroatoms. The van der Waals surface area contributed by atoms with Gasteiger partial charge in [-0.1, -0.05) is 91.3 Å². The number of benzene rings is 4. The van der Waals surface area contributed by atoms with Gasteiger partial charge in [0.05, 0.1) is 10.6 Å². The Bertz CT molecular complexity index is 1710. The van der Waals surface area contributed by atoms with Crippen molar-refractivity contribution in [2.24, 2.45) is 0 Å². The second-order valence-electron chi connectivity index (χ2n) is 11.6. The van der Waals surface area contributed by atoms with E-state index in [1.54, 1.807) is 30.3 Å². The van der Waals surface area contributed by atoms with Crippen LogP contribution >= 0.6 is 0 Å². The average Bonchev–Trinajstić information content (AvgIpc) is 3.03. The van der Waals surface area contributed by atoms with Crippen LogP contribution in [-0.4, -0.2) is 43.8 Å². The molecule has 0 spiro atoms. The van der Waals surface area contributed by atoms with E-state index >= 15 is 0 Å². The number of anilines is 1. The van der Waals surface area contributed by atoms with E-state index in [-0.39, 0.29) is 29.8 Å². The number of carbonyl (C=O) groups is 2. The van der Waals surface area contributed by atoms with Crippen LogP contribution in [0.4, 0.5) is 5.69 Å². The van der Waals surface area contributed by atoms with Crippen LogP contribution < -0.4 is 9.62 Å². The van der Waals surface area contributed by atoms with E-state index in [1.807, 2.05) is 95.3 Å². The zero-order valence-electron chi connectivity index (χ0n) is 26.7. The lowest BCUT2D eigenvalue weighted by Gasteiger charge is -2.34. The highest BCUT2D eigenvalue weighted by molar-refractivity contribution is 7.92. The first-order valence-corrected chi connectivity index (χ1v) is 16.8. The van der Waals surface area contributed by atoms with E-state index in [4.69, 9.17) is 0 Å². The van der Waals surface area contributed by atoms with Crippen LogP contribution in [0.5, 0.6) is 0 Å². The van der Waals surface area contributed by atoms with E-state index in [2.05, 4.69) is 5.32 Å². The van der Waals surface area contributed by atoms with Gasteiger partial charge in [-0.3, -0.25) is 13.9 Å². The Morgan fingerprint density at radius 2 is 1.42 bits per heavy atom. The molecule has 0 bridgehead atoms. The SMILES string of the molecule is CC[C@@H](C)NC(=O)[C@H](Cc1ccccc1)N(Cc1cccc(C)c1)C(=O)CN(c1ccc(C)c(C)c1)S(=O)(=O)c1ccccc1. The Morgan fingerprint density at radius 3 is 2.04 bits per heavy atom. The summed E-state index contributed by atoms with van der Waals surface area (Å²) in [5.74, 6) is -0.757. The molecule has 4 aromatic rings. The molecule has 0 fully saturated rings. The van der Waals surface area contributed by atoms with Crippen LogP contribution in [0.15, 0.2) is 108 Å². The zero-order chi connectivity index (χ0) is 32.6. The third-order valence-corrected chi connectivity index (χ3v) is 9.88. The molecule has 0 aromatic heterocycles. The fraction of sp³-hybridized carbons (Fsp3) is 0.297. The van der Waals surface area contributed by atoms with Crippen molar-refractivity contribution < 1.29 is 18.0 Å². The fourth-order valence-corrected chi connectivity index (χ4v) is 6.56. The number of nitrogens with one attached hydrogen (secondary N) is 1. The minimum Gasteiger partial charge on any atom is -0.352 e. The molecule has 7 nitrogen and oxygen atoms in total. The maximum absolute atomic E-state index is 14.6. The van der Waals surface area contributed by atoms with Crippen LogP contribution in [0.1, 0.15) is 48.1 Å². The third kappa shape index (κ3) is 8.60. The van der Waals surface area contributed by atoms with Gasteiger partial charge in [-0.05, 0) is 80.6 Å². The molecule has 4 aromatic carbocycles. The summed E-state index contributed by atoms with van der Waals surface area (Å²) >= 11 is 0. The van der Waals surface area contributed by atoms with Crippen molar-refractivity contribution in [2.45, 2.75) is 71.0 Å². The highest BCUT2D eigenvalue weighted by Gasteiger charge is 2.35.